The Balaban J connectivity index is 0.000000271. The molecule has 0 unspecified atom stereocenters. The molecule has 5 heteroatoms. The molecular weight excluding hydrogens is 975 g/mol. The van der Waals surface area contributed by atoms with Crippen molar-refractivity contribution < 1.29 is 29.7 Å². The molecule has 321 valence electrons. The first-order chi connectivity index (χ1) is 33.3. The predicted octanol–water partition coefficient (Wildman–Crippen LogP) is 16.7. The number of hydrogen-bond acceptors (Lipinski definition) is 3. The number of rotatable bonds is 8. The van der Waals surface area contributed by atoms with Gasteiger partial charge in [-0.1, -0.05) is 150 Å². The summed E-state index contributed by atoms with van der Waals surface area (Å²) in [6.45, 7) is 7.79. The molecule has 0 saturated carbocycles. The summed E-state index contributed by atoms with van der Waals surface area (Å²) in [4.78, 5) is 9.53. The van der Waals surface area contributed by atoms with E-state index in [2.05, 4.69) is 140 Å². The molecule has 64 heavy (non-hydrogen) atoms. The van der Waals surface area contributed by atoms with Crippen molar-refractivity contribution in [2.75, 3.05) is 0 Å². The number of benzene rings is 7. The zero-order chi connectivity index (χ0) is 49.7. The van der Waals surface area contributed by atoms with Crippen molar-refractivity contribution in [2.45, 2.75) is 73.0 Å². The molecule has 0 aliphatic heterocycles. The van der Waals surface area contributed by atoms with Crippen LogP contribution in [0, 0.1) is 25.8 Å². The minimum absolute atomic E-state index is 0. The first-order valence-corrected chi connectivity index (χ1v) is 22.3. The van der Waals surface area contributed by atoms with E-state index in [9.17, 15) is 0 Å². The van der Waals surface area contributed by atoms with Gasteiger partial charge >= 0.3 is 0 Å². The Bertz CT molecular complexity index is 3470. The van der Waals surface area contributed by atoms with Crippen LogP contribution in [0.1, 0.15) is 96.7 Å². The van der Waals surface area contributed by atoms with Gasteiger partial charge in [-0.25, -0.2) is 0 Å². The number of aryl methyl sites for hydroxylation is 2. The van der Waals surface area contributed by atoms with E-state index in [4.69, 9.17) is 14.6 Å². The average molecular weight is 1040 g/mol. The molecule has 0 amide bonds. The van der Waals surface area contributed by atoms with Gasteiger partial charge in [0, 0.05) is 46.3 Å². The van der Waals surface area contributed by atoms with Crippen molar-refractivity contribution in [3.63, 3.8) is 0 Å². The van der Waals surface area contributed by atoms with E-state index in [0.717, 1.165) is 65.0 Å². The molecule has 3 nitrogen and oxygen atoms in total. The molecule has 0 fully saturated rings. The second-order valence-electron chi connectivity index (χ2n) is 16.8. The summed E-state index contributed by atoms with van der Waals surface area (Å²) >= 11 is 1.62. The Kier molecular flexibility index (Phi) is 10.8. The van der Waals surface area contributed by atoms with Gasteiger partial charge in [-0.15, -0.1) is 53.6 Å². The fourth-order valence-electron chi connectivity index (χ4n) is 8.40. The number of para-hydroxylation sites is 2. The minimum atomic E-state index is -2.30. The van der Waals surface area contributed by atoms with Crippen LogP contribution in [0.15, 0.2) is 158 Å². The maximum absolute atomic E-state index is 8.52. The van der Waals surface area contributed by atoms with E-state index in [1.807, 2.05) is 42.5 Å². The molecule has 7 aromatic carbocycles. The molecule has 0 saturated heterocycles. The van der Waals surface area contributed by atoms with Crippen molar-refractivity contribution in [2.24, 2.45) is 0 Å². The normalized spacial score (nSPS) is 13.6. The fraction of sp³-hybridized carbons (Fsp3) is 0.186. The van der Waals surface area contributed by atoms with Crippen LogP contribution in [0.2, 0.25) is 0 Å². The second kappa shape index (κ2) is 19.0. The molecule has 3 heterocycles. The smallest absolute Gasteiger partial charge is 0.0774 e. The van der Waals surface area contributed by atoms with Crippen LogP contribution in [0.5, 0.6) is 0 Å². The van der Waals surface area contributed by atoms with Gasteiger partial charge in [0.2, 0.25) is 0 Å². The van der Waals surface area contributed by atoms with E-state index < -0.39 is 19.6 Å². The Morgan fingerprint density at radius 1 is 0.641 bits per heavy atom. The summed E-state index contributed by atoms with van der Waals surface area (Å²) < 4.78 is 60.7. The number of hydrogen-bond donors (Lipinski definition) is 0. The van der Waals surface area contributed by atoms with Crippen LogP contribution >= 0.6 is 11.3 Å². The summed E-state index contributed by atoms with van der Waals surface area (Å²) in [7, 11) is 0. The number of pyridine rings is 1. The molecule has 0 N–H and O–H groups in total. The molecular formula is C59H53IrN3S-2. The van der Waals surface area contributed by atoms with Gasteiger partial charge in [0.1, 0.15) is 0 Å². The van der Waals surface area contributed by atoms with Crippen LogP contribution in [0.25, 0.3) is 81.8 Å². The number of thiophene rings is 1. The van der Waals surface area contributed by atoms with Crippen LogP contribution in [0.3, 0.4) is 0 Å². The molecule has 10 rings (SSSR count). The minimum Gasteiger partial charge on any atom is -0.333 e. The van der Waals surface area contributed by atoms with Crippen LogP contribution in [0.4, 0.5) is 0 Å². The number of imidazole rings is 1. The zero-order valence-electron chi connectivity index (χ0n) is 43.7. The first kappa shape index (κ1) is 36.4. The van der Waals surface area contributed by atoms with Crippen molar-refractivity contribution in [1.29, 1.82) is 0 Å². The van der Waals surface area contributed by atoms with Gasteiger partial charge in [0.25, 0.3) is 0 Å². The number of aromatic nitrogens is 3. The molecule has 0 aliphatic rings. The fourth-order valence-corrected chi connectivity index (χ4v) is 9.66. The maximum Gasteiger partial charge on any atom is 0.0774 e. The molecule has 0 bridgehead atoms. The van der Waals surface area contributed by atoms with Crippen LogP contribution in [-0.4, -0.2) is 14.5 Å². The van der Waals surface area contributed by atoms with Crippen molar-refractivity contribution >= 4 is 42.5 Å². The quantitative estimate of drug-likeness (QED) is 0.142. The van der Waals surface area contributed by atoms with Gasteiger partial charge in [-0.05, 0) is 115 Å². The van der Waals surface area contributed by atoms with Gasteiger partial charge in [-0.3, -0.25) is 4.98 Å². The van der Waals surface area contributed by atoms with Crippen molar-refractivity contribution in [3.05, 3.63) is 198 Å². The molecule has 1 radical (unpaired) electrons. The molecule has 0 spiro atoms. The Hall–Kier alpha value is -5.97. The van der Waals surface area contributed by atoms with Gasteiger partial charge < -0.3 is 9.55 Å². The Morgan fingerprint density at radius 3 is 1.94 bits per heavy atom. The Morgan fingerprint density at radius 2 is 1.30 bits per heavy atom. The molecule has 0 aliphatic carbocycles. The molecule has 3 aromatic heterocycles. The van der Waals surface area contributed by atoms with Gasteiger partial charge in [-0.2, -0.15) is 11.3 Å². The third-order valence-corrected chi connectivity index (χ3v) is 12.8. The summed E-state index contributed by atoms with van der Waals surface area (Å²) in [5.41, 5.74) is 13.2. The standard InChI is InChI=1S/C44H37N2S.C15H16N.Ir/c1-27(2)36-24-33(31-16-10-7-11-17-31)25-37(28(3)4)42(36)46-39-19-13-12-18-38(39)45-44(46)35-22-20-29(5)41-34-23-21-32(26-40(34)47-43(35)41)30-14-8-6-9-15-30;1-11(2)14-9-15(16-10-12(14)3)13-7-5-4-6-8-13;/h6-21,23-28H,1-5H3;4-7,9-11H,1-3H3;/q2*-1;/i5D3;3D3,11D;. The third-order valence-electron chi connectivity index (χ3n) is 11.6. The van der Waals surface area contributed by atoms with E-state index >= 15 is 0 Å². The first-order valence-electron chi connectivity index (χ1n) is 25.0. The monoisotopic (exact) mass is 1040 g/mol. The molecule has 0 atom stereocenters. The predicted molar refractivity (Wildman–Crippen MR) is 269 cm³/mol. The largest absolute Gasteiger partial charge is 0.333 e. The average Bonchev–Trinajstić information content (AvgIpc) is 3.92. The third kappa shape index (κ3) is 8.65. The summed E-state index contributed by atoms with van der Waals surface area (Å²) in [5, 5.41) is 1.69. The van der Waals surface area contributed by atoms with Crippen molar-refractivity contribution in [3.8, 4) is 50.6 Å². The summed E-state index contributed by atoms with van der Waals surface area (Å²) in [5.74, 6) is 0.209. The summed E-state index contributed by atoms with van der Waals surface area (Å²) in [6.07, 6.45) is 1.36. The van der Waals surface area contributed by atoms with Gasteiger partial charge in [0.15, 0.2) is 0 Å². The maximum atomic E-state index is 8.52. The van der Waals surface area contributed by atoms with E-state index in [-0.39, 0.29) is 37.5 Å². The second-order valence-corrected chi connectivity index (χ2v) is 17.8. The summed E-state index contributed by atoms with van der Waals surface area (Å²) in [6, 6.07) is 57.4. The Labute approximate surface area is 406 Å². The van der Waals surface area contributed by atoms with Gasteiger partial charge in [0.05, 0.1) is 16.9 Å². The number of nitrogens with zero attached hydrogens (tertiary/aromatic N) is 3. The van der Waals surface area contributed by atoms with Crippen LogP contribution < -0.4 is 0 Å². The van der Waals surface area contributed by atoms with E-state index in [0.29, 0.717) is 16.8 Å². The zero-order valence-corrected chi connectivity index (χ0v) is 40.0. The van der Waals surface area contributed by atoms with E-state index in [1.165, 1.54) is 28.5 Å². The van der Waals surface area contributed by atoms with Crippen molar-refractivity contribution in [1.82, 2.24) is 14.5 Å². The van der Waals surface area contributed by atoms with E-state index in [1.54, 1.807) is 43.4 Å². The topological polar surface area (TPSA) is 30.7 Å². The molecule has 10 aromatic rings. The number of fused-ring (bicyclic) bond motifs is 4. The van der Waals surface area contributed by atoms with Crippen LogP contribution in [-0.2, 0) is 20.1 Å². The SMILES string of the molecule is [2H]C([2H])([2H])c1c[c-]c(-c2nc3ccccc3n2-c2c(C(C)C)cc(-c3ccccc3)cc2C(C)C)c2sc3cc(-c4ccccc4)ccc3c12.[2H]C([2H])([2H])c1cnc(-c2[c-]cccc2)cc1C([2H])(C)C.[Ir].